The second-order valence-electron chi connectivity index (χ2n) is 2.72. The predicted octanol–water partition coefficient (Wildman–Crippen LogP) is 1.90. The number of rotatable bonds is 5. The van der Waals surface area contributed by atoms with Crippen LogP contribution >= 0.6 is 0 Å². The van der Waals surface area contributed by atoms with Gasteiger partial charge in [-0.2, -0.15) is 13.2 Å². The van der Waals surface area contributed by atoms with Crippen LogP contribution in [0.2, 0.25) is 0 Å². The molecule has 0 saturated carbocycles. The van der Waals surface area contributed by atoms with Gasteiger partial charge in [0.25, 0.3) is 5.78 Å². The summed E-state index contributed by atoms with van der Waals surface area (Å²) in [5.74, 6) is -4.80. The SMILES string of the molecule is CCOC(CC)=C(C(=O)O)C(=O)C(F)(F)F. The van der Waals surface area contributed by atoms with Gasteiger partial charge in [0, 0.05) is 6.42 Å². The van der Waals surface area contributed by atoms with Crippen molar-refractivity contribution >= 4 is 11.8 Å². The average Bonchev–Trinajstić information content (AvgIpc) is 2.14. The summed E-state index contributed by atoms with van der Waals surface area (Å²) in [5, 5.41) is 8.58. The molecule has 0 aromatic carbocycles. The predicted molar refractivity (Wildman–Crippen MR) is 47.6 cm³/mol. The summed E-state index contributed by atoms with van der Waals surface area (Å²) in [5.41, 5.74) is -1.35. The second kappa shape index (κ2) is 5.53. The Kier molecular flexibility index (Phi) is 5.00. The van der Waals surface area contributed by atoms with E-state index >= 15 is 0 Å². The summed E-state index contributed by atoms with van der Waals surface area (Å²) in [6, 6.07) is 0. The van der Waals surface area contributed by atoms with Crippen LogP contribution in [0, 0.1) is 0 Å². The van der Waals surface area contributed by atoms with Gasteiger partial charge in [-0.3, -0.25) is 4.79 Å². The highest BCUT2D eigenvalue weighted by molar-refractivity contribution is 6.19. The molecule has 0 aromatic rings. The Labute approximate surface area is 89.7 Å². The standard InChI is InChI=1S/C9H11F3O4/c1-3-5(16-4-2)6(8(14)15)7(13)9(10,11)12/h3-4H2,1-2H3,(H,14,15). The molecule has 0 rings (SSSR count). The molecule has 0 atom stereocenters. The minimum absolute atomic E-state index is 0.00884. The Morgan fingerprint density at radius 3 is 2.00 bits per heavy atom. The lowest BCUT2D eigenvalue weighted by molar-refractivity contribution is -0.168. The van der Waals surface area contributed by atoms with Crippen molar-refractivity contribution in [2.45, 2.75) is 26.4 Å². The van der Waals surface area contributed by atoms with Crippen LogP contribution in [-0.2, 0) is 14.3 Å². The molecule has 1 N–H and O–H groups in total. The first-order valence-electron chi connectivity index (χ1n) is 4.46. The first kappa shape index (κ1) is 14.5. The number of carboxylic acid groups (broad SMARTS) is 1. The van der Waals surface area contributed by atoms with E-state index in [1.165, 1.54) is 13.8 Å². The molecule has 0 fully saturated rings. The van der Waals surface area contributed by atoms with Crippen molar-refractivity contribution in [3.63, 3.8) is 0 Å². The molecule has 0 aliphatic carbocycles. The van der Waals surface area contributed by atoms with E-state index in [9.17, 15) is 22.8 Å². The van der Waals surface area contributed by atoms with Gasteiger partial charge in [-0.05, 0) is 6.92 Å². The van der Waals surface area contributed by atoms with E-state index in [0.717, 1.165) is 0 Å². The molecule has 0 radical (unpaired) electrons. The summed E-state index contributed by atoms with van der Waals surface area (Å²) in [4.78, 5) is 21.4. The number of carbonyl (C=O) groups is 2. The van der Waals surface area contributed by atoms with E-state index in [2.05, 4.69) is 0 Å². The highest BCUT2D eigenvalue weighted by Gasteiger charge is 2.44. The van der Waals surface area contributed by atoms with Crippen molar-refractivity contribution in [1.82, 2.24) is 0 Å². The number of carbonyl (C=O) groups excluding carboxylic acids is 1. The van der Waals surface area contributed by atoms with Gasteiger partial charge < -0.3 is 9.84 Å². The highest BCUT2D eigenvalue weighted by atomic mass is 19.4. The Morgan fingerprint density at radius 2 is 1.75 bits per heavy atom. The largest absolute Gasteiger partial charge is 0.497 e. The molecular formula is C9H11F3O4. The quantitative estimate of drug-likeness (QED) is 0.345. The molecule has 0 heterocycles. The third-order valence-corrected chi connectivity index (χ3v) is 1.62. The molecule has 0 amide bonds. The van der Waals surface area contributed by atoms with E-state index < -0.39 is 29.3 Å². The number of hydrogen-bond acceptors (Lipinski definition) is 3. The van der Waals surface area contributed by atoms with Crippen LogP contribution in [0.1, 0.15) is 20.3 Å². The fourth-order valence-electron chi connectivity index (χ4n) is 1.01. The summed E-state index contributed by atoms with van der Waals surface area (Å²) in [6.07, 6.45) is -5.32. The third kappa shape index (κ3) is 3.56. The van der Waals surface area contributed by atoms with Crippen molar-refractivity contribution in [2.24, 2.45) is 0 Å². The summed E-state index contributed by atoms with van der Waals surface area (Å²) in [7, 11) is 0. The van der Waals surface area contributed by atoms with Crippen LogP contribution in [0.4, 0.5) is 13.2 Å². The number of ether oxygens (including phenoxy) is 1. The van der Waals surface area contributed by atoms with Crippen molar-refractivity contribution in [2.75, 3.05) is 6.61 Å². The molecule has 92 valence electrons. The topological polar surface area (TPSA) is 63.6 Å². The van der Waals surface area contributed by atoms with Gasteiger partial charge in [0.05, 0.1) is 6.61 Å². The van der Waals surface area contributed by atoms with E-state index in [1.54, 1.807) is 0 Å². The smallest absolute Gasteiger partial charge is 0.455 e. The number of aliphatic carboxylic acids is 1. The van der Waals surface area contributed by atoms with Gasteiger partial charge in [-0.1, -0.05) is 6.92 Å². The summed E-state index contributed by atoms with van der Waals surface area (Å²) in [6.45, 7) is 2.87. The van der Waals surface area contributed by atoms with E-state index in [0.29, 0.717) is 0 Å². The maximum Gasteiger partial charge on any atom is 0.455 e. The minimum atomic E-state index is -5.22. The first-order chi connectivity index (χ1) is 7.25. The molecule has 0 unspecified atom stereocenters. The van der Waals surface area contributed by atoms with E-state index in [4.69, 9.17) is 9.84 Å². The Hall–Kier alpha value is -1.53. The van der Waals surface area contributed by atoms with Crippen LogP contribution in [0.3, 0.4) is 0 Å². The maximum atomic E-state index is 12.1. The fourth-order valence-corrected chi connectivity index (χ4v) is 1.01. The molecule has 0 saturated heterocycles. The second-order valence-corrected chi connectivity index (χ2v) is 2.72. The Balaban J connectivity index is 5.45. The lowest BCUT2D eigenvalue weighted by Crippen LogP contribution is -2.29. The van der Waals surface area contributed by atoms with Crippen molar-refractivity contribution in [1.29, 1.82) is 0 Å². The molecule has 0 aliphatic heterocycles. The lowest BCUT2D eigenvalue weighted by atomic mass is 10.1. The maximum absolute atomic E-state index is 12.1. The Bertz CT molecular complexity index is 317. The van der Waals surface area contributed by atoms with Gasteiger partial charge in [-0.25, -0.2) is 4.79 Å². The molecule has 0 aliphatic rings. The third-order valence-electron chi connectivity index (χ3n) is 1.62. The van der Waals surface area contributed by atoms with E-state index in [-0.39, 0.29) is 13.0 Å². The van der Waals surface area contributed by atoms with Crippen LogP contribution in [0.5, 0.6) is 0 Å². The van der Waals surface area contributed by atoms with Gasteiger partial charge in [0.2, 0.25) is 0 Å². The van der Waals surface area contributed by atoms with Gasteiger partial charge in [-0.15, -0.1) is 0 Å². The number of alkyl halides is 3. The monoisotopic (exact) mass is 240 g/mol. The van der Waals surface area contributed by atoms with Gasteiger partial charge in [0.1, 0.15) is 11.3 Å². The van der Waals surface area contributed by atoms with Crippen molar-refractivity contribution < 1.29 is 32.6 Å². The summed E-state index contributed by atoms with van der Waals surface area (Å²) < 4.78 is 41.0. The molecule has 0 spiro atoms. The van der Waals surface area contributed by atoms with Gasteiger partial charge in [0.15, 0.2) is 0 Å². The number of allylic oxidation sites excluding steroid dienone is 1. The Morgan fingerprint density at radius 1 is 1.25 bits per heavy atom. The zero-order valence-electron chi connectivity index (χ0n) is 8.72. The first-order valence-corrected chi connectivity index (χ1v) is 4.46. The summed E-state index contributed by atoms with van der Waals surface area (Å²) >= 11 is 0. The average molecular weight is 240 g/mol. The number of carboxylic acids is 1. The number of ketones is 1. The number of Topliss-reactive ketones (excluding diaryl/α,β-unsaturated/α-hetero) is 1. The molecular weight excluding hydrogens is 229 g/mol. The van der Waals surface area contributed by atoms with Crippen molar-refractivity contribution in [3.8, 4) is 0 Å². The molecule has 7 heteroatoms. The normalized spacial score (nSPS) is 13.1. The van der Waals surface area contributed by atoms with Gasteiger partial charge >= 0.3 is 12.1 Å². The molecule has 16 heavy (non-hydrogen) atoms. The van der Waals surface area contributed by atoms with Crippen LogP contribution in [0.15, 0.2) is 11.3 Å². The van der Waals surface area contributed by atoms with Crippen LogP contribution in [0.25, 0.3) is 0 Å². The number of hydrogen-bond donors (Lipinski definition) is 1. The van der Waals surface area contributed by atoms with E-state index in [1.807, 2.05) is 0 Å². The minimum Gasteiger partial charge on any atom is -0.497 e. The van der Waals surface area contributed by atoms with Crippen molar-refractivity contribution in [3.05, 3.63) is 11.3 Å². The zero-order valence-corrected chi connectivity index (χ0v) is 8.72. The zero-order chi connectivity index (χ0) is 12.9. The molecule has 4 nitrogen and oxygen atoms in total. The van der Waals surface area contributed by atoms with Crippen LogP contribution in [-0.4, -0.2) is 29.6 Å². The molecule has 0 aromatic heterocycles. The fraction of sp³-hybridized carbons (Fsp3) is 0.556. The van der Waals surface area contributed by atoms with Crippen LogP contribution < -0.4 is 0 Å². The lowest BCUT2D eigenvalue weighted by Gasteiger charge is -2.11. The molecule has 0 bridgehead atoms. The highest BCUT2D eigenvalue weighted by Crippen LogP contribution is 2.24. The number of halogens is 3.